The van der Waals surface area contributed by atoms with Crippen molar-refractivity contribution in [3.05, 3.63) is 83.9 Å². The van der Waals surface area contributed by atoms with Crippen LogP contribution in [0.25, 0.3) is 22.2 Å². The maximum absolute atomic E-state index is 11.0. The number of nitrogens with one attached hydrogen (secondary N) is 1. The first kappa shape index (κ1) is 21.3. The van der Waals surface area contributed by atoms with Crippen LogP contribution >= 0.6 is 0 Å². The largest absolute Gasteiger partial charge is 0.480 e. The predicted molar refractivity (Wildman–Crippen MR) is 127 cm³/mol. The van der Waals surface area contributed by atoms with Gasteiger partial charge in [0.25, 0.3) is 0 Å². The molecule has 0 aliphatic rings. The topological polar surface area (TPSA) is 127 Å². The molecule has 162 valence electrons. The van der Waals surface area contributed by atoms with Crippen LogP contribution < -0.4 is 16.8 Å². The highest BCUT2D eigenvalue weighted by molar-refractivity contribution is 5.83. The third-order valence-electron chi connectivity index (χ3n) is 5.37. The Hall–Kier alpha value is -3.97. The molecule has 0 spiro atoms. The van der Waals surface area contributed by atoms with E-state index in [1.54, 1.807) is 6.07 Å². The first-order chi connectivity index (χ1) is 15.4. The minimum Gasteiger partial charge on any atom is -0.480 e. The van der Waals surface area contributed by atoms with Crippen molar-refractivity contribution in [2.24, 2.45) is 5.73 Å². The molecule has 0 amide bonds. The summed E-state index contributed by atoms with van der Waals surface area (Å²) in [5.74, 6) is 0.460. The summed E-state index contributed by atoms with van der Waals surface area (Å²) in [7, 11) is 0. The molecule has 7 nitrogen and oxygen atoms in total. The van der Waals surface area contributed by atoms with Gasteiger partial charge in [-0.05, 0) is 41.3 Å². The van der Waals surface area contributed by atoms with Gasteiger partial charge in [-0.1, -0.05) is 60.7 Å². The Balaban J connectivity index is 1.53. The zero-order valence-corrected chi connectivity index (χ0v) is 17.7. The number of carboxylic acids is 1. The van der Waals surface area contributed by atoms with Gasteiger partial charge in [0, 0.05) is 17.7 Å². The molecule has 32 heavy (non-hydrogen) atoms. The predicted octanol–water partition coefficient (Wildman–Crippen LogP) is 4.01. The van der Waals surface area contributed by atoms with Crippen molar-refractivity contribution in [2.45, 2.75) is 25.4 Å². The summed E-state index contributed by atoms with van der Waals surface area (Å²) in [6, 6.07) is 22.8. The number of fused-ring (bicyclic) bond motifs is 1. The normalized spacial score (nSPS) is 12.9. The fourth-order valence-electron chi connectivity index (χ4n) is 3.58. The molecular formula is C25H25N5O2. The molecule has 1 heterocycles. The molecule has 4 rings (SSSR count). The Morgan fingerprint density at radius 1 is 1.00 bits per heavy atom. The van der Waals surface area contributed by atoms with Crippen molar-refractivity contribution >= 4 is 28.4 Å². The van der Waals surface area contributed by atoms with Gasteiger partial charge >= 0.3 is 5.97 Å². The zero-order chi connectivity index (χ0) is 22.7. The Labute approximate surface area is 186 Å². The van der Waals surface area contributed by atoms with Crippen molar-refractivity contribution < 1.29 is 9.90 Å². The van der Waals surface area contributed by atoms with Crippen LogP contribution in [0.2, 0.25) is 0 Å². The lowest BCUT2D eigenvalue weighted by Crippen LogP contribution is -2.32. The molecule has 0 radical (unpaired) electrons. The maximum Gasteiger partial charge on any atom is 0.320 e. The van der Waals surface area contributed by atoms with E-state index in [2.05, 4.69) is 52.5 Å². The average molecular weight is 428 g/mol. The van der Waals surface area contributed by atoms with Gasteiger partial charge in [-0.15, -0.1) is 0 Å². The summed E-state index contributed by atoms with van der Waals surface area (Å²) in [4.78, 5) is 19.9. The zero-order valence-electron chi connectivity index (χ0n) is 17.7. The summed E-state index contributed by atoms with van der Waals surface area (Å²) < 4.78 is 0. The van der Waals surface area contributed by atoms with Gasteiger partial charge in [0.05, 0.1) is 0 Å². The minimum absolute atomic E-state index is 0.0154. The molecule has 4 aromatic rings. The third-order valence-corrected chi connectivity index (χ3v) is 5.37. The molecule has 6 N–H and O–H groups in total. The van der Waals surface area contributed by atoms with Gasteiger partial charge < -0.3 is 21.9 Å². The first-order valence-corrected chi connectivity index (χ1v) is 10.4. The standard InChI is InChI=1S/C25H25N5O2/c1-15(19-11-10-17-4-2-3-5-20(17)13-19)28-23-14-22(27)29-24(30-23)18-8-6-16(7-9-18)12-21(26)25(31)32/h2-11,13-15,21H,12,26H2,1H3,(H,31,32)(H3,27,28,29,30)/t15-,21+/m1/s1. The highest BCUT2D eigenvalue weighted by Crippen LogP contribution is 2.25. The molecule has 0 aliphatic heterocycles. The summed E-state index contributed by atoms with van der Waals surface area (Å²) in [5.41, 5.74) is 14.4. The number of hydrogen-bond acceptors (Lipinski definition) is 6. The number of anilines is 2. The van der Waals surface area contributed by atoms with Gasteiger partial charge in [0.1, 0.15) is 17.7 Å². The van der Waals surface area contributed by atoms with Gasteiger partial charge in [-0.3, -0.25) is 4.79 Å². The lowest BCUT2D eigenvalue weighted by molar-refractivity contribution is -0.138. The van der Waals surface area contributed by atoms with Gasteiger partial charge in [-0.2, -0.15) is 0 Å². The fraction of sp³-hybridized carbons (Fsp3) is 0.160. The van der Waals surface area contributed by atoms with E-state index in [-0.39, 0.29) is 12.5 Å². The molecule has 0 fully saturated rings. The lowest BCUT2D eigenvalue weighted by atomic mass is 10.0. The second-order valence-corrected chi connectivity index (χ2v) is 7.82. The second kappa shape index (κ2) is 9.03. The van der Waals surface area contributed by atoms with E-state index in [4.69, 9.17) is 16.6 Å². The highest BCUT2D eigenvalue weighted by Gasteiger charge is 2.13. The van der Waals surface area contributed by atoms with Crippen LogP contribution in [0.3, 0.4) is 0 Å². The molecular weight excluding hydrogens is 402 g/mol. The molecule has 0 aliphatic carbocycles. The summed E-state index contributed by atoms with van der Waals surface area (Å²) in [6.45, 7) is 2.07. The monoisotopic (exact) mass is 427 g/mol. The number of aliphatic carboxylic acids is 1. The number of nitrogens with zero attached hydrogens (tertiary/aromatic N) is 2. The summed E-state index contributed by atoms with van der Waals surface area (Å²) in [5, 5.41) is 14.8. The molecule has 1 aromatic heterocycles. The van der Waals surface area contributed by atoms with E-state index in [0.29, 0.717) is 17.5 Å². The van der Waals surface area contributed by atoms with E-state index >= 15 is 0 Å². The number of nitrogen functional groups attached to an aromatic ring is 1. The second-order valence-electron chi connectivity index (χ2n) is 7.82. The van der Waals surface area contributed by atoms with E-state index < -0.39 is 12.0 Å². The highest BCUT2D eigenvalue weighted by atomic mass is 16.4. The Morgan fingerprint density at radius 3 is 2.44 bits per heavy atom. The van der Waals surface area contributed by atoms with Crippen LogP contribution in [0.4, 0.5) is 11.6 Å². The van der Waals surface area contributed by atoms with Crippen molar-refractivity contribution in [1.82, 2.24) is 9.97 Å². The van der Waals surface area contributed by atoms with Crippen LogP contribution in [0.5, 0.6) is 0 Å². The third kappa shape index (κ3) is 4.84. The number of carbonyl (C=O) groups is 1. The molecule has 3 aromatic carbocycles. The SMILES string of the molecule is C[C@@H](Nc1cc(N)nc(-c2ccc(C[C@H](N)C(=O)O)cc2)n1)c1ccc2ccccc2c1. The number of nitrogens with two attached hydrogens (primary N) is 2. The number of hydrogen-bond donors (Lipinski definition) is 4. The molecule has 2 atom stereocenters. The molecule has 7 heteroatoms. The van der Waals surface area contributed by atoms with Crippen molar-refractivity contribution in [3.63, 3.8) is 0 Å². The Bertz CT molecular complexity index is 1260. The number of aromatic nitrogens is 2. The van der Waals surface area contributed by atoms with Gasteiger partial charge in [0.15, 0.2) is 5.82 Å². The molecule has 0 saturated carbocycles. The lowest BCUT2D eigenvalue weighted by Gasteiger charge is -2.16. The summed E-state index contributed by atoms with van der Waals surface area (Å²) >= 11 is 0. The van der Waals surface area contributed by atoms with Crippen LogP contribution in [-0.2, 0) is 11.2 Å². The number of rotatable bonds is 7. The van der Waals surface area contributed by atoms with E-state index in [0.717, 1.165) is 16.7 Å². The average Bonchev–Trinajstić information content (AvgIpc) is 2.78. The quantitative estimate of drug-likeness (QED) is 0.351. The van der Waals surface area contributed by atoms with Crippen molar-refractivity contribution in [3.8, 4) is 11.4 Å². The summed E-state index contributed by atoms with van der Waals surface area (Å²) in [6.07, 6.45) is 0.253. The molecule has 0 bridgehead atoms. The van der Waals surface area contributed by atoms with E-state index in [9.17, 15) is 4.79 Å². The first-order valence-electron chi connectivity index (χ1n) is 10.4. The number of carboxylic acid groups (broad SMARTS) is 1. The van der Waals surface area contributed by atoms with Crippen molar-refractivity contribution in [2.75, 3.05) is 11.1 Å². The molecule has 0 saturated heterocycles. The number of benzene rings is 3. The smallest absolute Gasteiger partial charge is 0.320 e. The Morgan fingerprint density at radius 2 is 1.72 bits per heavy atom. The Kier molecular flexibility index (Phi) is 6.00. The van der Waals surface area contributed by atoms with Crippen LogP contribution in [0.1, 0.15) is 24.1 Å². The van der Waals surface area contributed by atoms with Crippen LogP contribution in [0.15, 0.2) is 72.8 Å². The van der Waals surface area contributed by atoms with Crippen LogP contribution in [0, 0.1) is 0 Å². The van der Waals surface area contributed by atoms with Crippen LogP contribution in [-0.4, -0.2) is 27.1 Å². The minimum atomic E-state index is -1.02. The van der Waals surface area contributed by atoms with Gasteiger partial charge in [0.2, 0.25) is 0 Å². The molecule has 0 unspecified atom stereocenters. The van der Waals surface area contributed by atoms with Gasteiger partial charge in [-0.25, -0.2) is 9.97 Å². The van der Waals surface area contributed by atoms with E-state index in [1.807, 2.05) is 36.4 Å². The van der Waals surface area contributed by atoms with Crippen molar-refractivity contribution in [1.29, 1.82) is 0 Å². The fourth-order valence-corrected chi connectivity index (χ4v) is 3.58. The van der Waals surface area contributed by atoms with E-state index in [1.165, 1.54) is 10.8 Å². The maximum atomic E-state index is 11.0.